The van der Waals surface area contributed by atoms with E-state index in [1.807, 2.05) is 0 Å². The number of hydrogen-bond donors (Lipinski definition) is 1. The maximum Gasteiger partial charge on any atom is 0.263 e. The molecule has 0 radical (unpaired) electrons. The number of nitrogens with zero attached hydrogens (tertiary/aromatic N) is 1. The molecule has 2 heterocycles. The van der Waals surface area contributed by atoms with Crippen LogP contribution in [-0.4, -0.2) is 4.40 Å². The third kappa shape index (κ3) is 2.40. The van der Waals surface area contributed by atoms with Crippen LogP contribution in [-0.2, 0) is 0 Å². The lowest BCUT2D eigenvalue weighted by molar-refractivity contribution is 0.618. The third-order valence-electron chi connectivity index (χ3n) is 3.57. The Morgan fingerprint density at radius 2 is 1.86 bits per heavy atom. The number of hydrogen-bond acceptors (Lipinski definition) is 2. The zero-order valence-electron chi connectivity index (χ0n) is 11.9. The summed E-state index contributed by atoms with van der Waals surface area (Å²) < 4.78 is 28.1. The lowest BCUT2D eigenvalue weighted by Gasteiger charge is -2.15. The van der Waals surface area contributed by atoms with E-state index in [4.69, 9.17) is 5.73 Å². The van der Waals surface area contributed by atoms with Gasteiger partial charge in [0.1, 0.15) is 11.6 Å². The molecule has 0 spiro atoms. The van der Waals surface area contributed by atoms with E-state index in [1.54, 1.807) is 19.1 Å². The van der Waals surface area contributed by atoms with Gasteiger partial charge in [-0.1, -0.05) is 12.1 Å². The van der Waals surface area contributed by atoms with Crippen LogP contribution in [0.1, 0.15) is 18.5 Å². The molecule has 0 aliphatic heterocycles. The van der Waals surface area contributed by atoms with Crippen molar-refractivity contribution in [1.82, 2.24) is 4.40 Å². The fraction of sp³-hybridized carbons (Fsp3) is 0.118. The molecule has 3 nitrogen and oxygen atoms in total. The van der Waals surface area contributed by atoms with E-state index in [0.29, 0.717) is 16.6 Å². The van der Waals surface area contributed by atoms with Crippen LogP contribution in [0.15, 0.2) is 53.5 Å². The largest absolute Gasteiger partial charge is 0.324 e. The Morgan fingerprint density at radius 3 is 2.55 bits per heavy atom. The fourth-order valence-electron chi connectivity index (χ4n) is 2.55. The monoisotopic (exact) mass is 300 g/mol. The smallest absolute Gasteiger partial charge is 0.263 e. The summed E-state index contributed by atoms with van der Waals surface area (Å²) in [4.78, 5) is 12.7. The van der Waals surface area contributed by atoms with Crippen molar-refractivity contribution in [1.29, 1.82) is 0 Å². The van der Waals surface area contributed by atoms with Crippen molar-refractivity contribution in [3.8, 4) is 11.1 Å². The van der Waals surface area contributed by atoms with Gasteiger partial charge in [0.15, 0.2) is 0 Å². The highest BCUT2D eigenvalue weighted by molar-refractivity contribution is 5.70. The minimum atomic E-state index is -0.520. The Hall–Kier alpha value is -2.53. The molecule has 1 atom stereocenters. The second kappa shape index (κ2) is 5.35. The molecule has 0 fully saturated rings. The molecule has 0 aliphatic rings. The number of halogens is 2. The highest BCUT2D eigenvalue weighted by Gasteiger charge is 2.16. The van der Waals surface area contributed by atoms with Crippen LogP contribution in [0.3, 0.4) is 0 Å². The van der Waals surface area contributed by atoms with Gasteiger partial charge in [0.2, 0.25) is 0 Å². The molecule has 1 unspecified atom stereocenters. The average molecular weight is 300 g/mol. The summed E-state index contributed by atoms with van der Waals surface area (Å²) in [5.41, 5.74) is 7.40. The maximum atomic E-state index is 13.5. The van der Waals surface area contributed by atoms with Crippen LogP contribution in [0.4, 0.5) is 8.78 Å². The molecule has 1 aromatic carbocycles. The van der Waals surface area contributed by atoms with E-state index in [0.717, 1.165) is 6.20 Å². The van der Waals surface area contributed by atoms with Crippen LogP contribution in [0.2, 0.25) is 0 Å². The summed E-state index contributed by atoms with van der Waals surface area (Å²) in [6, 6.07) is 9.83. The lowest BCUT2D eigenvalue weighted by atomic mass is 9.96. The van der Waals surface area contributed by atoms with E-state index >= 15 is 0 Å². The van der Waals surface area contributed by atoms with Crippen LogP contribution in [0.25, 0.3) is 16.6 Å². The Kier molecular flexibility index (Phi) is 3.50. The first-order valence-electron chi connectivity index (χ1n) is 6.83. The Morgan fingerprint density at radius 1 is 1.09 bits per heavy atom. The maximum absolute atomic E-state index is 13.5. The summed E-state index contributed by atoms with van der Waals surface area (Å²) in [7, 11) is 0. The van der Waals surface area contributed by atoms with Gasteiger partial charge in [-0.3, -0.25) is 9.20 Å². The number of rotatable bonds is 2. The summed E-state index contributed by atoms with van der Waals surface area (Å²) in [5, 5.41) is 0. The standard InChI is InChI=1S/C17H14F2N2O/c1-10(20)15-8-14-6-5-13(19)9-21(14)17(22)16(15)11-3-2-4-12(18)7-11/h2-10H,20H2,1H3. The average Bonchev–Trinajstić information content (AvgIpc) is 2.47. The van der Waals surface area contributed by atoms with Gasteiger partial charge in [-0.05, 0) is 48.4 Å². The Balaban J connectivity index is 2.43. The number of aromatic nitrogens is 1. The predicted octanol–water partition coefficient (Wildman–Crippen LogP) is 3.26. The Labute approximate surface area is 125 Å². The molecule has 0 saturated carbocycles. The van der Waals surface area contributed by atoms with Gasteiger partial charge in [-0.15, -0.1) is 0 Å². The zero-order chi connectivity index (χ0) is 15.9. The van der Waals surface area contributed by atoms with Gasteiger partial charge in [0.25, 0.3) is 5.56 Å². The minimum Gasteiger partial charge on any atom is -0.324 e. The first-order valence-corrected chi connectivity index (χ1v) is 6.83. The highest BCUT2D eigenvalue weighted by atomic mass is 19.1. The van der Waals surface area contributed by atoms with Crippen LogP contribution >= 0.6 is 0 Å². The summed E-state index contributed by atoms with van der Waals surface area (Å²) in [6.07, 6.45) is 1.12. The summed E-state index contributed by atoms with van der Waals surface area (Å²) in [5.74, 6) is -0.967. The van der Waals surface area contributed by atoms with E-state index in [1.165, 1.54) is 34.7 Å². The van der Waals surface area contributed by atoms with Gasteiger partial charge >= 0.3 is 0 Å². The van der Waals surface area contributed by atoms with E-state index in [-0.39, 0.29) is 5.56 Å². The molecular weight excluding hydrogens is 286 g/mol. The molecule has 2 aromatic heterocycles. The van der Waals surface area contributed by atoms with Crippen molar-refractivity contribution in [3.63, 3.8) is 0 Å². The third-order valence-corrected chi connectivity index (χ3v) is 3.57. The van der Waals surface area contributed by atoms with Gasteiger partial charge in [-0.25, -0.2) is 8.78 Å². The van der Waals surface area contributed by atoms with Crippen molar-refractivity contribution < 1.29 is 8.78 Å². The van der Waals surface area contributed by atoms with Crippen molar-refractivity contribution in [2.75, 3.05) is 0 Å². The molecular formula is C17H14F2N2O. The molecule has 112 valence electrons. The van der Waals surface area contributed by atoms with Crippen LogP contribution < -0.4 is 11.3 Å². The predicted molar refractivity (Wildman–Crippen MR) is 81.6 cm³/mol. The van der Waals surface area contributed by atoms with E-state index in [2.05, 4.69) is 0 Å². The molecule has 0 aliphatic carbocycles. The van der Waals surface area contributed by atoms with Crippen molar-refractivity contribution in [3.05, 3.63) is 76.2 Å². The van der Waals surface area contributed by atoms with Gasteiger partial charge in [-0.2, -0.15) is 0 Å². The first kappa shape index (κ1) is 14.4. The van der Waals surface area contributed by atoms with Crippen LogP contribution in [0.5, 0.6) is 0 Å². The van der Waals surface area contributed by atoms with Crippen molar-refractivity contribution >= 4 is 5.52 Å². The second-order valence-electron chi connectivity index (χ2n) is 5.22. The molecule has 3 aromatic rings. The van der Waals surface area contributed by atoms with Crippen molar-refractivity contribution in [2.45, 2.75) is 13.0 Å². The number of nitrogens with two attached hydrogens (primary N) is 1. The zero-order valence-corrected chi connectivity index (χ0v) is 11.9. The van der Waals surface area contributed by atoms with Gasteiger partial charge in [0, 0.05) is 17.8 Å². The molecule has 2 N–H and O–H groups in total. The number of pyridine rings is 2. The fourth-order valence-corrected chi connectivity index (χ4v) is 2.55. The van der Waals surface area contributed by atoms with Crippen molar-refractivity contribution in [2.24, 2.45) is 5.73 Å². The van der Waals surface area contributed by atoms with Gasteiger partial charge in [0.05, 0.1) is 5.56 Å². The summed E-state index contributed by atoms with van der Waals surface area (Å²) >= 11 is 0. The van der Waals surface area contributed by atoms with Crippen LogP contribution in [0, 0.1) is 11.6 Å². The number of benzene rings is 1. The van der Waals surface area contributed by atoms with Gasteiger partial charge < -0.3 is 5.73 Å². The first-order chi connectivity index (χ1) is 10.5. The highest BCUT2D eigenvalue weighted by Crippen LogP contribution is 2.26. The molecule has 0 amide bonds. The molecule has 0 bridgehead atoms. The molecule has 0 saturated heterocycles. The van der Waals surface area contributed by atoms with E-state index < -0.39 is 23.2 Å². The van der Waals surface area contributed by atoms with E-state index in [9.17, 15) is 13.6 Å². The number of fused-ring (bicyclic) bond motifs is 1. The molecule has 22 heavy (non-hydrogen) atoms. The molecule has 3 rings (SSSR count). The Bertz CT molecular complexity index is 916. The minimum absolute atomic E-state index is 0.289. The quantitative estimate of drug-likeness (QED) is 0.789. The lowest BCUT2D eigenvalue weighted by Crippen LogP contribution is -2.21. The summed E-state index contributed by atoms with van der Waals surface area (Å²) in [6.45, 7) is 1.75. The molecule has 5 heteroatoms. The normalized spacial score (nSPS) is 12.5. The topological polar surface area (TPSA) is 47.5 Å². The second-order valence-corrected chi connectivity index (χ2v) is 5.22. The SMILES string of the molecule is CC(N)c1cc2ccc(F)cn2c(=O)c1-c1cccc(F)c1.